The molecule has 0 radical (unpaired) electrons. The van der Waals surface area contributed by atoms with Gasteiger partial charge in [-0.15, -0.1) is 0 Å². The van der Waals surface area contributed by atoms with Crippen LogP contribution in [0.1, 0.15) is 41.0 Å². The molecule has 0 bridgehead atoms. The Morgan fingerprint density at radius 3 is 1.79 bits per heavy atom. The van der Waals surface area contributed by atoms with Gasteiger partial charge in [0.1, 0.15) is 0 Å². The first-order chi connectivity index (χ1) is 5.96. The number of rotatable bonds is 4. The fourth-order valence-electron chi connectivity index (χ4n) is 0.765. The summed E-state index contributed by atoms with van der Waals surface area (Å²) in [6.07, 6.45) is 1.07. The molecule has 0 rings (SSSR count). The second-order valence-electron chi connectivity index (χ2n) is 6.08. The predicted molar refractivity (Wildman–Crippen MR) is 70.8 cm³/mol. The molecule has 0 N–H and O–H groups in total. The van der Waals surface area contributed by atoms with Crippen molar-refractivity contribution in [2.75, 3.05) is 6.61 Å². The van der Waals surface area contributed by atoms with Crippen LogP contribution in [0.15, 0.2) is 0 Å². The minimum absolute atomic E-state index is 0.204. The monoisotopic (exact) mass is 280 g/mol. The molecule has 0 aliphatic rings. The Balaban J connectivity index is 4.02. The van der Waals surface area contributed by atoms with Crippen LogP contribution < -0.4 is 0 Å². The highest BCUT2D eigenvalue weighted by molar-refractivity contribution is 9.10. The van der Waals surface area contributed by atoms with E-state index in [-0.39, 0.29) is 4.32 Å². The fraction of sp³-hybridized carbons (Fsp3) is 1.00. The summed E-state index contributed by atoms with van der Waals surface area (Å²) < 4.78 is 6.28. The first-order valence-corrected chi connectivity index (χ1v) is 8.99. The molecular weight excluding hydrogens is 256 g/mol. The number of alkyl halides is 1. The van der Waals surface area contributed by atoms with E-state index in [4.69, 9.17) is 4.43 Å². The molecule has 14 heavy (non-hydrogen) atoms. The van der Waals surface area contributed by atoms with Crippen LogP contribution in [-0.2, 0) is 4.43 Å². The van der Waals surface area contributed by atoms with Crippen molar-refractivity contribution in [3.05, 3.63) is 0 Å². The summed E-state index contributed by atoms with van der Waals surface area (Å²) in [4.78, 5) is 0. The maximum atomic E-state index is 6.08. The largest absolute Gasteiger partial charge is 0.417 e. The van der Waals surface area contributed by atoms with Crippen LogP contribution in [0.5, 0.6) is 0 Å². The zero-order valence-corrected chi connectivity index (χ0v) is 13.3. The SMILES string of the molecule is CC(C)(Br)CCO[Si](C)(C)C(C)(C)C. The van der Waals surface area contributed by atoms with Crippen molar-refractivity contribution in [3.63, 3.8) is 0 Å². The van der Waals surface area contributed by atoms with E-state index in [1.165, 1.54) is 0 Å². The highest BCUT2D eigenvalue weighted by Gasteiger charge is 2.37. The van der Waals surface area contributed by atoms with Gasteiger partial charge in [0.25, 0.3) is 0 Å². The lowest BCUT2D eigenvalue weighted by Crippen LogP contribution is -2.41. The van der Waals surface area contributed by atoms with E-state index in [0.29, 0.717) is 5.04 Å². The van der Waals surface area contributed by atoms with Gasteiger partial charge in [-0.1, -0.05) is 36.7 Å². The Hall–Kier alpha value is 0.657. The first kappa shape index (κ1) is 14.7. The minimum atomic E-state index is -1.53. The molecule has 0 saturated carbocycles. The maximum absolute atomic E-state index is 6.08. The van der Waals surface area contributed by atoms with Crippen molar-refractivity contribution in [3.8, 4) is 0 Å². The van der Waals surface area contributed by atoms with Gasteiger partial charge in [-0.05, 0) is 38.4 Å². The second kappa shape index (κ2) is 4.66. The Kier molecular flexibility index (Phi) is 4.88. The van der Waals surface area contributed by atoms with E-state index < -0.39 is 8.32 Å². The van der Waals surface area contributed by atoms with Crippen LogP contribution in [0, 0.1) is 0 Å². The van der Waals surface area contributed by atoms with Crippen LogP contribution in [0.25, 0.3) is 0 Å². The van der Waals surface area contributed by atoms with Crippen molar-refractivity contribution >= 4 is 24.2 Å². The van der Waals surface area contributed by atoms with Crippen molar-refractivity contribution in [2.45, 2.75) is 63.5 Å². The first-order valence-electron chi connectivity index (χ1n) is 5.29. The van der Waals surface area contributed by atoms with Gasteiger partial charge < -0.3 is 4.43 Å². The van der Waals surface area contributed by atoms with Gasteiger partial charge in [-0.2, -0.15) is 0 Å². The van der Waals surface area contributed by atoms with Crippen LogP contribution in [0.4, 0.5) is 0 Å². The van der Waals surface area contributed by atoms with Gasteiger partial charge in [0.15, 0.2) is 8.32 Å². The molecule has 0 aromatic carbocycles. The lowest BCUT2D eigenvalue weighted by Gasteiger charge is -2.36. The Bertz CT molecular complexity index is 177. The second-order valence-corrected chi connectivity index (χ2v) is 13.0. The summed E-state index contributed by atoms with van der Waals surface area (Å²) in [5.74, 6) is 0. The molecule has 0 spiro atoms. The van der Waals surface area contributed by atoms with Crippen LogP contribution in [0.2, 0.25) is 18.1 Å². The minimum Gasteiger partial charge on any atom is -0.417 e. The Morgan fingerprint density at radius 1 is 1.07 bits per heavy atom. The summed E-state index contributed by atoms with van der Waals surface area (Å²) in [6.45, 7) is 16.7. The van der Waals surface area contributed by atoms with Crippen LogP contribution in [0.3, 0.4) is 0 Å². The van der Waals surface area contributed by atoms with Gasteiger partial charge in [0.2, 0.25) is 0 Å². The predicted octanol–water partition coefficient (Wildman–Crippen LogP) is 4.57. The molecule has 0 aliphatic heterocycles. The average molecular weight is 281 g/mol. The van der Waals surface area contributed by atoms with Gasteiger partial charge in [-0.25, -0.2) is 0 Å². The van der Waals surface area contributed by atoms with E-state index in [0.717, 1.165) is 13.0 Å². The number of halogens is 1. The van der Waals surface area contributed by atoms with Crippen LogP contribution in [-0.4, -0.2) is 19.2 Å². The topological polar surface area (TPSA) is 9.23 Å². The summed E-state index contributed by atoms with van der Waals surface area (Å²) in [5.41, 5.74) is 0. The molecule has 0 fully saturated rings. The van der Waals surface area contributed by atoms with Crippen LogP contribution >= 0.6 is 15.9 Å². The van der Waals surface area contributed by atoms with Crippen molar-refractivity contribution < 1.29 is 4.43 Å². The molecule has 1 nitrogen and oxygen atoms in total. The molecule has 0 aromatic rings. The highest BCUT2D eigenvalue weighted by atomic mass is 79.9. The fourth-order valence-corrected chi connectivity index (χ4v) is 1.97. The third-order valence-corrected chi connectivity index (χ3v) is 7.90. The Morgan fingerprint density at radius 2 is 1.50 bits per heavy atom. The smallest absolute Gasteiger partial charge is 0.191 e. The molecular formula is C11H25BrOSi. The Labute approximate surface area is 98.9 Å². The lowest BCUT2D eigenvalue weighted by molar-refractivity contribution is 0.272. The standard InChI is InChI=1S/C11H25BrOSi/c1-10(2,3)14(6,7)13-9-8-11(4,5)12/h8-9H2,1-7H3. The molecule has 0 saturated heterocycles. The third-order valence-electron chi connectivity index (χ3n) is 2.97. The summed E-state index contributed by atoms with van der Waals surface area (Å²) in [6, 6.07) is 0. The van der Waals surface area contributed by atoms with Gasteiger partial charge in [0, 0.05) is 10.9 Å². The van der Waals surface area contributed by atoms with Crippen molar-refractivity contribution in [1.29, 1.82) is 0 Å². The molecule has 0 amide bonds. The van der Waals surface area contributed by atoms with E-state index in [2.05, 4.69) is 63.6 Å². The highest BCUT2D eigenvalue weighted by Crippen LogP contribution is 2.37. The molecule has 3 heteroatoms. The summed E-state index contributed by atoms with van der Waals surface area (Å²) in [7, 11) is -1.53. The third kappa shape index (κ3) is 5.52. The lowest BCUT2D eigenvalue weighted by atomic mass is 10.1. The molecule has 0 heterocycles. The van der Waals surface area contributed by atoms with Gasteiger partial charge >= 0.3 is 0 Å². The average Bonchev–Trinajstić information content (AvgIpc) is 1.80. The van der Waals surface area contributed by atoms with E-state index in [1.54, 1.807) is 0 Å². The van der Waals surface area contributed by atoms with Gasteiger partial charge in [0.05, 0.1) is 0 Å². The zero-order chi connectivity index (χ0) is 11.6. The number of hydrogen-bond donors (Lipinski definition) is 0. The van der Waals surface area contributed by atoms with E-state index >= 15 is 0 Å². The van der Waals surface area contributed by atoms with Gasteiger partial charge in [-0.3, -0.25) is 0 Å². The maximum Gasteiger partial charge on any atom is 0.191 e. The quantitative estimate of drug-likeness (QED) is 0.541. The summed E-state index contributed by atoms with van der Waals surface area (Å²) >= 11 is 3.63. The molecule has 0 aliphatic carbocycles. The van der Waals surface area contributed by atoms with E-state index in [1.807, 2.05) is 0 Å². The zero-order valence-electron chi connectivity index (χ0n) is 10.7. The molecule has 86 valence electrons. The van der Waals surface area contributed by atoms with Crippen molar-refractivity contribution in [1.82, 2.24) is 0 Å². The molecule has 0 unspecified atom stereocenters. The summed E-state index contributed by atoms with van der Waals surface area (Å²) in [5, 5.41) is 0.323. The van der Waals surface area contributed by atoms with E-state index in [9.17, 15) is 0 Å². The number of hydrogen-bond acceptors (Lipinski definition) is 1. The molecule has 0 atom stereocenters. The van der Waals surface area contributed by atoms with Crippen molar-refractivity contribution in [2.24, 2.45) is 0 Å². The normalized spacial score (nSPS) is 14.6. The molecule has 0 aromatic heterocycles.